The van der Waals surface area contributed by atoms with E-state index in [4.69, 9.17) is 27.1 Å². The van der Waals surface area contributed by atoms with Crippen molar-refractivity contribution in [3.63, 3.8) is 0 Å². The Labute approximate surface area is 163 Å². The lowest BCUT2D eigenvalue weighted by atomic mass is 9.59. The summed E-state index contributed by atoms with van der Waals surface area (Å²) in [5.41, 5.74) is 10.0. The van der Waals surface area contributed by atoms with Crippen LogP contribution < -0.4 is 5.73 Å². The number of aliphatic hydroxyl groups is 1. The highest BCUT2D eigenvalue weighted by molar-refractivity contribution is 6.30. The van der Waals surface area contributed by atoms with Gasteiger partial charge in [0.05, 0.1) is 11.1 Å². The molecule has 2 heterocycles. The van der Waals surface area contributed by atoms with Gasteiger partial charge >= 0.3 is 0 Å². The van der Waals surface area contributed by atoms with Crippen molar-refractivity contribution in [1.29, 1.82) is 0 Å². The molecule has 1 saturated carbocycles. The van der Waals surface area contributed by atoms with Gasteiger partial charge in [0.15, 0.2) is 0 Å². The van der Waals surface area contributed by atoms with Gasteiger partial charge in [0.1, 0.15) is 12.1 Å². The van der Waals surface area contributed by atoms with Crippen molar-refractivity contribution in [1.82, 2.24) is 4.98 Å². The van der Waals surface area contributed by atoms with Crippen LogP contribution in [0, 0.1) is 11.8 Å². The minimum absolute atomic E-state index is 0.217. The van der Waals surface area contributed by atoms with E-state index in [1.54, 1.807) is 6.20 Å². The number of pyridine rings is 1. The van der Waals surface area contributed by atoms with Crippen molar-refractivity contribution in [2.24, 2.45) is 22.6 Å². The largest absolute Gasteiger partial charge is 0.462 e. The van der Waals surface area contributed by atoms with Gasteiger partial charge in [-0.1, -0.05) is 23.7 Å². The van der Waals surface area contributed by atoms with Crippen LogP contribution >= 0.6 is 11.6 Å². The number of halogens is 1. The van der Waals surface area contributed by atoms with Crippen molar-refractivity contribution in [2.45, 2.75) is 37.3 Å². The Kier molecular flexibility index (Phi) is 3.92. The van der Waals surface area contributed by atoms with Crippen LogP contribution in [0.5, 0.6) is 0 Å². The first kappa shape index (κ1) is 17.0. The third-order valence-corrected chi connectivity index (χ3v) is 6.62. The Morgan fingerprint density at radius 3 is 2.85 bits per heavy atom. The number of fused-ring (bicyclic) bond motifs is 4. The molecule has 1 fully saturated rings. The summed E-state index contributed by atoms with van der Waals surface area (Å²) in [5.74, 6) is 0.736. The SMILES string of the molecule is NC1=N[C@]2(CO1)c1cc(-c3cncc(Cl)c3)ccc1C[C@@H]1C[C@@H](O)CC[C@H]12. The first-order valence-corrected chi connectivity index (χ1v) is 9.83. The van der Waals surface area contributed by atoms with Crippen molar-refractivity contribution in [3.05, 3.63) is 52.8 Å². The van der Waals surface area contributed by atoms with Gasteiger partial charge in [0.25, 0.3) is 6.02 Å². The third-order valence-electron chi connectivity index (χ3n) is 6.41. The molecule has 2 aromatic rings. The van der Waals surface area contributed by atoms with Gasteiger partial charge < -0.3 is 15.6 Å². The molecule has 2 aliphatic carbocycles. The van der Waals surface area contributed by atoms with E-state index in [1.807, 2.05) is 12.3 Å². The fourth-order valence-electron chi connectivity index (χ4n) is 5.26. The van der Waals surface area contributed by atoms with E-state index in [1.165, 1.54) is 11.1 Å². The molecule has 1 spiro atoms. The molecule has 27 heavy (non-hydrogen) atoms. The Morgan fingerprint density at radius 2 is 2.07 bits per heavy atom. The summed E-state index contributed by atoms with van der Waals surface area (Å²) in [7, 11) is 0. The van der Waals surface area contributed by atoms with Crippen LogP contribution in [0.1, 0.15) is 30.4 Å². The van der Waals surface area contributed by atoms with Crippen molar-refractivity contribution >= 4 is 17.6 Å². The third kappa shape index (κ3) is 2.72. The number of aliphatic hydroxyl groups excluding tert-OH is 1. The maximum absolute atomic E-state index is 10.2. The van der Waals surface area contributed by atoms with E-state index < -0.39 is 5.54 Å². The first-order valence-electron chi connectivity index (χ1n) is 9.46. The highest BCUT2D eigenvalue weighted by Gasteiger charge is 2.53. The number of aliphatic imine (C=N–C) groups is 1. The molecule has 0 amide bonds. The second-order valence-electron chi connectivity index (χ2n) is 7.96. The van der Waals surface area contributed by atoms with E-state index in [9.17, 15) is 5.11 Å². The van der Waals surface area contributed by atoms with Gasteiger partial charge in [0, 0.05) is 18.0 Å². The van der Waals surface area contributed by atoms with Crippen LogP contribution in [0.15, 0.2) is 41.7 Å². The summed E-state index contributed by atoms with van der Waals surface area (Å²) in [4.78, 5) is 9.05. The molecule has 0 bridgehead atoms. The predicted octanol–water partition coefficient (Wildman–Crippen LogP) is 3.28. The van der Waals surface area contributed by atoms with Crippen LogP contribution in [0.3, 0.4) is 0 Å². The average Bonchev–Trinajstić information content (AvgIpc) is 3.04. The summed E-state index contributed by atoms with van der Waals surface area (Å²) in [6, 6.07) is 8.68. The molecule has 4 atom stereocenters. The fourth-order valence-corrected chi connectivity index (χ4v) is 5.43. The molecule has 0 radical (unpaired) electrons. The number of amidine groups is 1. The Bertz CT molecular complexity index is 931. The molecule has 6 heteroatoms. The number of nitrogens with two attached hydrogens (primary N) is 1. The fraction of sp³-hybridized carbons (Fsp3) is 0.429. The standard InChI is InChI=1S/C21H22ClN3O2/c22-16-6-15(9-24-10-16)12-1-2-13-5-14-7-17(26)3-4-18(14)21(19(13)8-12)11-27-20(23)25-21/h1-2,6,8-10,14,17-18,26H,3-5,7,11H2,(H2,23,25)/t14-,17+,18-,21+/m1/s1. The smallest absolute Gasteiger partial charge is 0.283 e. The van der Waals surface area contributed by atoms with Gasteiger partial charge in [-0.15, -0.1) is 0 Å². The monoisotopic (exact) mass is 383 g/mol. The van der Waals surface area contributed by atoms with Gasteiger partial charge in [-0.25, -0.2) is 4.99 Å². The van der Waals surface area contributed by atoms with Crippen LogP contribution in [-0.4, -0.2) is 28.8 Å². The number of ether oxygens (including phenoxy) is 1. The lowest BCUT2D eigenvalue weighted by Gasteiger charge is -2.47. The number of nitrogens with zero attached hydrogens (tertiary/aromatic N) is 2. The number of benzene rings is 1. The summed E-state index contributed by atoms with van der Waals surface area (Å²) < 4.78 is 5.68. The molecular weight excluding hydrogens is 362 g/mol. The second kappa shape index (κ2) is 6.21. The molecule has 5 nitrogen and oxygen atoms in total. The highest BCUT2D eigenvalue weighted by atomic mass is 35.5. The molecular formula is C21H22ClN3O2. The van der Waals surface area contributed by atoms with Crippen molar-refractivity contribution < 1.29 is 9.84 Å². The topological polar surface area (TPSA) is 80.7 Å². The summed E-state index contributed by atoms with van der Waals surface area (Å²) in [5, 5.41) is 10.8. The van der Waals surface area contributed by atoms with Crippen LogP contribution in [0.2, 0.25) is 5.02 Å². The maximum atomic E-state index is 10.2. The second-order valence-corrected chi connectivity index (χ2v) is 8.40. The van der Waals surface area contributed by atoms with E-state index in [2.05, 4.69) is 23.2 Å². The van der Waals surface area contributed by atoms with Gasteiger partial charge in [-0.2, -0.15) is 0 Å². The van der Waals surface area contributed by atoms with Crippen molar-refractivity contribution in [2.75, 3.05) is 6.61 Å². The van der Waals surface area contributed by atoms with Gasteiger partial charge in [-0.3, -0.25) is 4.98 Å². The quantitative estimate of drug-likeness (QED) is 0.791. The lowest BCUT2D eigenvalue weighted by molar-refractivity contribution is 0.0195. The highest BCUT2D eigenvalue weighted by Crippen LogP contribution is 2.53. The molecule has 140 valence electrons. The normalized spacial score (nSPS) is 31.8. The number of hydrogen-bond donors (Lipinski definition) is 2. The van der Waals surface area contributed by atoms with Crippen LogP contribution in [0.4, 0.5) is 0 Å². The van der Waals surface area contributed by atoms with Gasteiger partial charge in [-0.05, 0) is 66.3 Å². The molecule has 0 saturated heterocycles. The average molecular weight is 384 g/mol. The number of aromatic nitrogens is 1. The Balaban J connectivity index is 1.65. The molecule has 1 aromatic heterocycles. The van der Waals surface area contributed by atoms with Crippen LogP contribution in [-0.2, 0) is 16.7 Å². The van der Waals surface area contributed by atoms with E-state index >= 15 is 0 Å². The zero-order valence-electron chi connectivity index (χ0n) is 14.9. The van der Waals surface area contributed by atoms with E-state index in [0.29, 0.717) is 23.5 Å². The number of hydrogen-bond acceptors (Lipinski definition) is 5. The molecule has 1 aromatic carbocycles. The zero-order valence-corrected chi connectivity index (χ0v) is 15.7. The minimum Gasteiger partial charge on any atom is -0.462 e. The summed E-state index contributed by atoms with van der Waals surface area (Å²) in [6.45, 7) is 0.473. The Morgan fingerprint density at radius 1 is 1.19 bits per heavy atom. The van der Waals surface area contributed by atoms with Crippen molar-refractivity contribution in [3.8, 4) is 11.1 Å². The summed E-state index contributed by atoms with van der Waals surface area (Å²) >= 11 is 6.14. The molecule has 3 N–H and O–H groups in total. The first-order chi connectivity index (χ1) is 13.0. The van der Waals surface area contributed by atoms with E-state index in [-0.39, 0.29) is 12.1 Å². The summed E-state index contributed by atoms with van der Waals surface area (Å²) in [6.07, 6.45) is 6.78. The predicted molar refractivity (Wildman–Crippen MR) is 104 cm³/mol. The molecule has 5 rings (SSSR count). The minimum atomic E-state index is -0.454. The molecule has 3 aliphatic rings. The van der Waals surface area contributed by atoms with E-state index in [0.717, 1.165) is 36.8 Å². The Hall–Kier alpha value is -2.11. The van der Waals surface area contributed by atoms with Gasteiger partial charge in [0.2, 0.25) is 0 Å². The number of rotatable bonds is 1. The lowest BCUT2D eigenvalue weighted by Crippen LogP contribution is -2.47. The zero-order chi connectivity index (χ0) is 18.6. The molecule has 1 aliphatic heterocycles. The molecule has 0 unspecified atom stereocenters. The maximum Gasteiger partial charge on any atom is 0.283 e. The van der Waals surface area contributed by atoms with Crippen LogP contribution in [0.25, 0.3) is 11.1 Å².